The molecule has 0 saturated carbocycles. The number of amides is 1. The molecular weight excluding hydrogens is 494 g/mol. The molecule has 3 aromatic heterocycles. The van der Waals surface area contributed by atoms with E-state index in [0.717, 1.165) is 47.2 Å². The molecule has 0 saturated heterocycles. The van der Waals surface area contributed by atoms with Gasteiger partial charge in [-0.1, -0.05) is 29.8 Å². The van der Waals surface area contributed by atoms with Crippen LogP contribution >= 0.6 is 22.7 Å². The largest absolute Gasteiger partial charge is 0.462 e. The van der Waals surface area contributed by atoms with E-state index in [1.165, 1.54) is 20.8 Å². The Morgan fingerprint density at radius 2 is 1.89 bits per heavy atom. The molecule has 0 radical (unpaired) electrons. The molecule has 9 heteroatoms. The number of fused-ring (bicyclic) bond motifs is 3. The first-order valence-electron chi connectivity index (χ1n) is 12.0. The van der Waals surface area contributed by atoms with Gasteiger partial charge in [-0.15, -0.1) is 22.7 Å². The molecule has 0 spiro atoms. The monoisotopic (exact) mass is 521 g/mol. The highest BCUT2D eigenvalue weighted by molar-refractivity contribution is 7.18. The topological polar surface area (TPSA) is 90.3 Å². The number of nitrogens with zero attached hydrogens (tertiary/aromatic N) is 2. The van der Waals surface area contributed by atoms with Crippen molar-refractivity contribution < 1.29 is 14.3 Å². The maximum Gasteiger partial charge on any atom is 0.341 e. The van der Waals surface area contributed by atoms with Gasteiger partial charge in [-0.25, -0.2) is 9.78 Å². The Balaban J connectivity index is 1.46. The van der Waals surface area contributed by atoms with Crippen molar-refractivity contribution >= 4 is 49.8 Å². The zero-order valence-electron chi connectivity index (χ0n) is 20.5. The molecule has 0 unspecified atom stereocenters. The molecule has 36 heavy (non-hydrogen) atoms. The number of esters is 1. The minimum atomic E-state index is -0.494. The van der Waals surface area contributed by atoms with Crippen LogP contribution in [0.5, 0.6) is 0 Å². The summed E-state index contributed by atoms with van der Waals surface area (Å²) in [4.78, 5) is 46.1. The van der Waals surface area contributed by atoms with E-state index in [0.29, 0.717) is 27.3 Å². The van der Waals surface area contributed by atoms with Crippen LogP contribution in [0.3, 0.4) is 0 Å². The summed E-state index contributed by atoms with van der Waals surface area (Å²) >= 11 is 2.86. The Bertz CT molecular complexity index is 1530. The third kappa shape index (κ3) is 4.49. The summed E-state index contributed by atoms with van der Waals surface area (Å²) in [7, 11) is 0. The highest BCUT2D eigenvalue weighted by Gasteiger charge is 2.25. The summed E-state index contributed by atoms with van der Waals surface area (Å²) in [6.45, 7) is 5.53. The van der Waals surface area contributed by atoms with Crippen molar-refractivity contribution in [1.82, 2.24) is 9.55 Å². The summed E-state index contributed by atoms with van der Waals surface area (Å²) in [6.07, 6.45) is 4.05. The Kier molecular flexibility index (Phi) is 6.77. The van der Waals surface area contributed by atoms with Crippen molar-refractivity contribution in [2.24, 2.45) is 0 Å². The van der Waals surface area contributed by atoms with Crippen molar-refractivity contribution in [2.75, 3.05) is 11.9 Å². The summed E-state index contributed by atoms with van der Waals surface area (Å²) < 4.78 is 6.72. The van der Waals surface area contributed by atoms with Gasteiger partial charge in [-0.05, 0) is 57.6 Å². The molecule has 1 amide bonds. The number of hydrogen-bond donors (Lipinski definition) is 1. The number of aryl methyl sites for hydroxylation is 4. The van der Waals surface area contributed by atoms with Gasteiger partial charge in [0.05, 0.1) is 12.0 Å². The molecule has 0 bridgehead atoms. The number of aromatic nitrogens is 2. The highest BCUT2D eigenvalue weighted by atomic mass is 32.1. The van der Waals surface area contributed by atoms with Crippen molar-refractivity contribution in [3.8, 4) is 11.1 Å². The van der Waals surface area contributed by atoms with Gasteiger partial charge in [0, 0.05) is 15.8 Å². The standard InChI is InChI=1S/C27H27N3O4S2/c1-4-34-27(33)23-19(17-11-9-15(2)10-12-17)14-35-24(23)29-21(31)13-30-16(3)28-25-22(26(30)32)18-7-5-6-8-20(18)36-25/h9-12,14H,4-8,13H2,1-3H3,(H,29,31). The van der Waals surface area contributed by atoms with E-state index in [9.17, 15) is 14.4 Å². The van der Waals surface area contributed by atoms with Gasteiger partial charge in [-0.2, -0.15) is 0 Å². The second-order valence-corrected chi connectivity index (χ2v) is 10.9. The van der Waals surface area contributed by atoms with Gasteiger partial charge in [0.15, 0.2) is 0 Å². The van der Waals surface area contributed by atoms with Crippen LogP contribution in [-0.4, -0.2) is 28.0 Å². The fraction of sp³-hybridized carbons (Fsp3) is 0.333. The van der Waals surface area contributed by atoms with Crippen molar-refractivity contribution in [2.45, 2.75) is 53.0 Å². The predicted octanol–water partition coefficient (Wildman–Crippen LogP) is 5.50. The van der Waals surface area contributed by atoms with Crippen molar-refractivity contribution in [3.05, 3.63) is 67.4 Å². The minimum absolute atomic E-state index is 0.177. The van der Waals surface area contributed by atoms with Crippen LogP contribution in [0.25, 0.3) is 21.3 Å². The summed E-state index contributed by atoms with van der Waals surface area (Å²) in [5.74, 6) is -0.391. The van der Waals surface area contributed by atoms with Gasteiger partial charge in [0.2, 0.25) is 5.91 Å². The van der Waals surface area contributed by atoms with E-state index >= 15 is 0 Å². The second-order valence-electron chi connectivity index (χ2n) is 8.93. The van der Waals surface area contributed by atoms with E-state index in [1.54, 1.807) is 25.2 Å². The maximum absolute atomic E-state index is 13.4. The molecule has 4 aromatic rings. The van der Waals surface area contributed by atoms with Gasteiger partial charge < -0.3 is 10.1 Å². The fourth-order valence-electron chi connectivity index (χ4n) is 4.64. The van der Waals surface area contributed by atoms with Crippen LogP contribution in [0.4, 0.5) is 5.00 Å². The van der Waals surface area contributed by atoms with Crippen LogP contribution in [0.1, 0.15) is 52.0 Å². The average molecular weight is 522 g/mol. The maximum atomic E-state index is 13.4. The number of carbonyl (C=O) groups is 2. The lowest BCUT2D eigenvalue weighted by atomic mass is 9.97. The van der Waals surface area contributed by atoms with Gasteiger partial charge in [-0.3, -0.25) is 14.2 Å². The Hall–Kier alpha value is -3.30. The SMILES string of the molecule is CCOC(=O)c1c(-c2ccc(C)cc2)csc1NC(=O)Cn1c(C)nc2sc3c(c2c1=O)CCCC3. The highest BCUT2D eigenvalue weighted by Crippen LogP contribution is 2.37. The third-order valence-corrected chi connectivity index (χ3v) is 8.53. The van der Waals surface area contributed by atoms with Crippen LogP contribution in [0.2, 0.25) is 0 Å². The molecule has 1 aromatic carbocycles. The number of thiophene rings is 2. The van der Waals surface area contributed by atoms with E-state index in [1.807, 2.05) is 36.6 Å². The molecular formula is C27H27N3O4S2. The summed E-state index contributed by atoms with van der Waals surface area (Å²) in [6, 6.07) is 7.83. The first-order valence-corrected chi connectivity index (χ1v) is 13.7. The van der Waals surface area contributed by atoms with Crippen LogP contribution in [0.15, 0.2) is 34.4 Å². The zero-order valence-corrected chi connectivity index (χ0v) is 22.1. The second kappa shape index (κ2) is 9.99. The summed E-state index contributed by atoms with van der Waals surface area (Å²) in [5, 5.41) is 5.75. The third-order valence-electron chi connectivity index (χ3n) is 6.45. The van der Waals surface area contributed by atoms with Gasteiger partial charge in [0.1, 0.15) is 27.8 Å². The Morgan fingerprint density at radius 3 is 2.64 bits per heavy atom. The lowest BCUT2D eigenvalue weighted by Gasteiger charge is -2.12. The Labute approximate surface area is 216 Å². The first kappa shape index (κ1) is 24.4. The van der Waals surface area contributed by atoms with Crippen LogP contribution < -0.4 is 10.9 Å². The number of carbonyl (C=O) groups excluding carboxylic acids is 2. The predicted molar refractivity (Wildman–Crippen MR) is 144 cm³/mol. The van der Waals surface area contributed by atoms with E-state index < -0.39 is 11.9 Å². The number of anilines is 1. The zero-order chi connectivity index (χ0) is 25.4. The number of ether oxygens (including phenoxy) is 1. The number of benzene rings is 1. The molecule has 1 aliphatic rings. The number of nitrogens with one attached hydrogen (secondary N) is 1. The van der Waals surface area contributed by atoms with E-state index in [4.69, 9.17) is 4.74 Å². The van der Waals surface area contributed by atoms with Gasteiger partial charge in [0.25, 0.3) is 5.56 Å². The quantitative estimate of drug-likeness (QED) is 0.339. The van der Waals surface area contributed by atoms with Crippen molar-refractivity contribution in [1.29, 1.82) is 0 Å². The van der Waals surface area contributed by atoms with E-state index in [2.05, 4.69) is 10.3 Å². The first-order chi connectivity index (χ1) is 17.4. The molecule has 5 rings (SSSR count). The number of hydrogen-bond acceptors (Lipinski definition) is 7. The van der Waals surface area contributed by atoms with E-state index in [-0.39, 0.29) is 18.7 Å². The molecule has 1 aliphatic carbocycles. The molecule has 0 fully saturated rings. The molecule has 3 heterocycles. The average Bonchev–Trinajstić information content (AvgIpc) is 3.43. The van der Waals surface area contributed by atoms with Crippen molar-refractivity contribution in [3.63, 3.8) is 0 Å². The minimum Gasteiger partial charge on any atom is -0.462 e. The summed E-state index contributed by atoms with van der Waals surface area (Å²) in [5.41, 5.74) is 3.92. The smallest absolute Gasteiger partial charge is 0.341 e. The fourth-order valence-corrected chi connectivity index (χ4v) is 6.91. The molecule has 0 aliphatic heterocycles. The molecule has 186 valence electrons. The molecule has 1 N–H and O–H groups in total. The lowest BCUT2D eigenvalue weighted by molar-refractivity contribution is -0.116. The number of rotatable bonds is 6. The van der Waals surface area contributed by atoms with Crippen LogP contribution in [-0.2, 0) is 28.9 Å². The van der Waals surface area contributed by atoms with Crippen LogP contribution in [0, 0.1) is 13.8 Å². The Morgan fingerprint density at radius 1 is 1.14 bits per heavy atom. The molecule has 0 atom stereocenters. The molecule has 7 nitrogen and oxygen atoms in total. The van der Waals surface area contributed by atoms with Gasteiger partial charge >= 0.3 is 5.97 Å². The normalized spacial score (nSPS) is 13.0. The lowest BCUT2D eigenvalue weighted by Crippen LogP contribution is -2.30.